The lowest BCUT2D eigenvalue weighted by atomic mass is 9.85. The van der Waals surface area contributed by atoms with Crippen LogP contribution in [0.4, 0.5) is 4.79 Å². The summed E-state index contributed by atoms with van der Waals surface area (Å²) < 4.78 is 10.9. The highest BCUT2D eigenvalue weighted by Crippen LogP contribution is 2.41. The van der Waals surface area contributed by atoms with E-state index in [9.17, 15) is 4.79 Å². The van der Waals surface area contributed by atoms with E-state index in [0.717, 1.165) is 19.4 Å². The fourth-order valence-corrected chi connectivity index (χ4v) is 2.71. The summed E-state index contributed by atoms with van der Waals surface area (Å²) in [5.41, 5.74) is -0.420. The zero-order valence-corrected chi connectivity index (χ0v) is 11.4. The zero-order valence-electron chi connectivity index (χ0n) is 11.4. The van der Waals surface area contributed by atoms with Crippen molar-refractivity contribution in [3.8, 4) is 0 Å². The molecule has 0 aliphatic carbocycles. The van der Waals surface area contributed by atoms with Crippen LogP contribution in [-0.4, -0.2) is 54.1 Å². The number of likely N-dealkylation sites (tertiary alicyclic amines) is 1. The van der Waals surface area contributed by atoms with Gasteiger partial charge in [0.2, 0.25) is 0 Å². The highest BCUT2D eigenvalue weighted by molar-refractivity contribution is 5.68. The molecule has 2 aliphatic heterocycles. The van der Waals surface area contributed by atoms with Crippen LogP contribution in [-0.2, 0) is 9.47 Å². The molecule has 0 bridgehead atoms. The van der Waals surface area contributed by atoms with Crippen molar-refractivity contribution in [1.29, 1.82) is 0 Å². The summed E-state index contributed by atoms with van der Waals surface area (Å²) in [5, 5.41) is 9.11. The first-order valence-corrected chi connectivity index (χ1v) is 6.54. The summed E-state index contributed by atoms with van der Waals surface area (Å²) in [6.45, 7) is 7.71. The van der Waals surface area contributed by atoms with Crippen molar-refractivity contribution >= 4 is 6.09 Å². The van der Waals surface area contributed by atoms with Gasteiger partial charge in [-0.25, -0.2) is 4.79 Å². The minimum atomic E-state index is -0.452. The Morgan fingerprint density at radius 3 is 2.83 bits per heavy atom. The maximum absolute atomic E-state index is 12.0. The van der Waals surface area contributed by atoms with Gasteiger partial charge in [-0.1, -0.05) is 0 Å². The van der Waals surface area contributed by atoms with Gasteiger partial charge >= 0.3 is 6.09 Å². The summed E-state index contributed by atoms with van der Waals surface area (Å²) >= 11 is 0. The highest BCUT2D eigenvalue weighted by atomic mass is 16.6. The zero-order chi connectivity index (χ0) is 13.4. The van der Waals surface area contributed by atoms with Crippen LogP contribution < -0.4 is 0 Å². The molecule has 0 aromatic rings. The molecule has 1 amide bonds. The number of ether oxygens (including phenoxy) is 2. The Kier molecular flexibility index (Phi) is 3.56. The summed E-state index contributed by atoms with van der Waals surface area (Å²) in [7, 11) is 0. The van der Waals surface area contributed by atoms with Crippen molar-refractivity contribution in [2.75, 3.05) is 26.3 Å². The molecular weight excluding hydrogens is 234 g/mol. The van der Waals surface area contributed by atoms with E-state index in [4.69, 9.17) is 14.6 Å². The molecule has 5 heteroatoms. The standard InChI is InChI=1S/C13H23NO4/c1-12(2,3)18-11(16)14-5-4-13(8-14)6-10(7-15)17-9-13/h10,15H,4-9H2,1-3H3. The molecule has 2 heterocycles. The van der Waals surface area contributed by atoms with Crippen molar-refractivity contribution in [1.82, 2.24) is 4.90 Å². The van der Waals surface area contributed by atoms with Gasteiger partial charge in [-0.05, 0) is 33.6 Å². The Labute approximate surface area is 108 Å². The van der Waals surface area contributed by atoms with Gasteiger partial charge in [-0.2, -0.15) is 0 Å². The minimum absolute atomic E-state index is 0.0320. The van der Waals surface area contributed by atoms with Crippen LogP contribution in [0.5, 0.6) is 0 Å². The van der Waals surface area contributed by atoms with E-state index in [0.29, 0.717) is 13.2 Å². The van der Waals surface area contributed by atoms with Crippen LogP contribution in [0, 0.1) is 5.41 Å². The lowest BCUT2D eigenvalue weighted by Crippen LogP contribution is -2.37. The Bertz CT molecular complexity index is 325. The van der Waals surface area contributed by atoms with E-state index in [1.165, 1.54) is 0 Å². The highest BCUT2D eigenvalue weighted by Gasteiger charge is 2.46. The number of hydrogen-bond acceptors (Lipinski definition) is 4. The third-order valence-corrected chi connectivity index (χ3v) is 3.58. The van der Waals surface area contributed by atoms with Crippen molar-refractivity contribution < 1.29 is 19.4 Å². The normalized spacial score (nSPS) is 32.2. The number of hydrogen-bond donors (Lipinski definition) is 1. The molecule has 2 fully saturated rings. The van der Waals surface area contributed by atoms with E-state index in [-0.39, 0.29) is 24.2 Å². The van der Waals surface area contributed by atoms with Gasteiger partial charge in [0.15, 0.2) is 0 Å². The van der Waals surface area contributed by atoms with Gasteiger partial charge in [-0.15, -0.1) is 0 Å². The maximum atomic E-state index is 12.0. The van der Waals surface area contributed by atoms with Gasteiger partial charge in [0.05, 0.1) is 19.3 Å². The third-order valence-electron chi connectivity index (χ3n) is 3.58. The second-order valence-electron chi connectivity index (χ2n) is 6.47. The number of nitrogens with zero attached hydrogens (tertiary/aromatic N) is 1. The topological polar surface area (TPSA) is 59.0 Å². The number of amides is 1. The number of carbonyl (C=O) groups is 1. The summed E-state index contributed by atoms with van der Waals surface area (Å²) in [5.74, 6) is 0. The van der Waals surface area contributed by atoms with E-state index in [1.54, 1.807) is 4.90 Å². The average Bonchev–Trinajstić information content (AvgIpc) is 2.84. The molecule has 2 saturated heterocycles. The summed E-state index contributed by atoms with van der Waals surface area (Å²) in [4.78, 5) is 13.7. The van der Waals surface area contributed by atoms with E-state index in [1.807, 2.05) is 20.8 Å². The van der Waals surface area contributed by atoms with E-state index >= 15 is 0 Å². The summed E-state index contributed by atoms with van der Waals surface area (Å²) in [6.07, 6.45) is 1.46. The quantitative estimate of drug-likeness (QED) is 0.771. The first-order valence-electron chi connectivity index (χ1n) is 6.54. The molecule has 0 saturated carbocycles. The van der Waals surface area contributed by atoms with Crippen LogP contribution in [0.3, 0.4) is 0 Å². The molecule has 1 spiro atoms. The molecule has 0 aromatic heterocycles. The Morgan fingerprint density at radius 2 is 2.28 bits per heavy atom. The molecule has 2 unspecified atom stereocenters. The predicted octanol–water partition coefficient (Wildman–Crippen LogP) is 1.39. The second kappa shape index (κ2) is 4.70. The Hall–Kier alpha value is -0.810. The van der Waals surface area contributed by atoms with E-state index < -0.39 is 5.60 Å². The first-order chi connectivity index (χ1) is 8.34. The largest absolute Gasteiger partial charge is 0.444 e. The van der Waals surface area contributed by atoms with Crippen LogP contribution in [0.1, 0.15) is 33.6 Å². The van der Waals surface area contributed by atoms with E-state index in [2.05, 4.69) is 0 Å². The second-order valence-corrected chi connectivity index (χ2v) is 6.47. The number of aliphatic hydroxyl groups excluding tert-OH is 1. The Morgan fingerprint density at radius 1 is 1.56 bits per heavy atom. The van der Waals surface area contributed by atoms with Crippen molar-refractivity contribution in [3.63, 3.8) is 0 Å². The molecule has 2 rings (SSSR count). The molecule has 0 radical (unpaired) electrons. The maximum Gasteiger partial charge on any atom is 0.410 e. The minimum Gasteiger partial charge on any atom is -0.444 e. The molecule has 5 nitrogen and oxygen atoms in total. The average molecular weight is 257 g/mol. The van der Waals surface area contributed by atoms with Gasteiger partial charge in [0.1, 0.15) is 5.60 Å². The summed E-state index contributed by atoms with van der Waals surface area (Å²) in [6, 6.07) is 0. The van der Waals surface area contributed by atoms with Gasteiger partial charge in [0, 0.05) is 18.5 Å². The molecule has 0 aromatic carbocycles. The number of carbonyl (C=O) groups excluding carboxylic acids is 1. The molecule has 18 heavy (non-hydrogen) atoms. The van der Waals surface area contributed by atoms with Crippen molar-refractivity contribution in [2.24, 2.45) is 5.41 Å². The molecular formula is C13H23NO4. The van der Waals surface area contributed by atoms with Gasteiger partial charge < -0.3 is 19.5 Å². The van der Waals surface area contributed by atoms with Gasteiger partial charge in [0.25, 0.3) is 0 Å². The van der Waals surface area contributed by atoms with Crippen LogP contribution >= 0.6 is 0 Å². The SMILES string of the molecule is CC(C)(C)OC(=O)N1CCC2(COC(CO)C2)C1. The third kappa shape index (κ3) is 2.95. The molecule has 1 N–H and O–H groups in total. The predicted molar refractivity (Wildman–Crippen MR) is 66.3 cm³/mol. The van der Waals surface area contributed by atoms with Crippen molar-refractivity contribution in [2.45, 2.75) is 45.3 Å². The van der Waals surface area contributed by atoms with Crippen molar-refractivity contribution in [3.05, 3.63) is 0 Å². The number of aliphatic hydroxyl groups is 1. The van der Waals surface area contributed by atoms with Crippen LogP contribution in [0.15, 0.2) is 0 Å². The fourth-order valence-electron chi connectivity index (χ4n) is 2.71. The van der Waals surface area contributed by atoms with Gasteiger partial charge in [-0.3, -0.25) is 0 Å². The number of rotatable bonds is 1. The molecule has 2 atom stereocenters. The monoisotopic (exact) mass is 257 g/mol. The smallest absolute Gasteiger partial charge is 0.410 e. The van der Waals surface area contributed by atoms with Crippen LogP contribution in [0.2, 0.25) is 0 Å². The lowest BCUT2D eigenvalue weighted by molar-refractivity contribution is 0.0264. The molecule has 104 valence electrons. The lowest BCUT2D eigenvalue weighted by Gasteiger charge is -2.26. The first kappa shape index (κ1) is 13.6. The van der Waals surface area contributed by atoms with Crippen LogP contribution in [0.25, 0.3) is 0 Å². The Balaban J connectivity index is 1.91. The fraction of sp³-hybridized carbons (Fsp3) is 0.923. The molecule has 2 aliphatic rings.